The summed E-state index contributed by atoms with van der Waals surface area (Å²) in [6, 6.07) is 21.0. The van der Waals surface area contributed by atoms with Gasteiger partial charge in [0.25, 0.3) is 11.7 Å². The number of aliphatic hydroxyl groups excluding tert-OH is 1. The van der Waals surface area contributed by atoms with Crippen molar-refractivity contribution in [3.63, 3.8) is 0 Å². The number of nitrogens with zero attached hydrogens (tertiary/aromatic N) is 1. The van der Waals surface area contributed by atoms with E-state index < -0.39 is 17.7 Å². The second-order valence-electron chi connectivity index (χ2n) is 8.57. The summed E-state index contributed by atoms with van der Waals surface area (Å²) in [5.41, 5.74) is 3.13. The van der Waals surface area contributed by atoms with Crippen molar-refractivity contribution in [3.05, 3.63) is 106 Å². The highest BCUT2D eigenvalue weighted by Gasteiger charge is 2.46. The van der Waals surface area contributed by atoms with Gasteiger partial charge in [0, 0.05) is 16.1 Å². The highest BCUT2D eigenvalue weighted by atomic mass is 35.5. The molecule has 0 aliphatic carbocycles. The molecule has 34 heavy (non-hydrogen) atoms. The zero-order chi connectivity index (χ0) is 24.4. The lowest BCUT2D eigenvalue weighted by molar-refractivity contribution is -0.140. The summed E-state index contributed by atoms with van der Waals surface area (Å²) in [4.78, 5) is 28.0. The average Bonchev–Trinajstić information content (AvgIpc) is 3.09. The monoisotopic (exact) mass is 475 g/mol. The number of aliphatic hydroxyl groups is 1. The second kappa shape index (κ2) is 9.74. The number of hydrogen-bond donors (Lipinski definition) is 1. The van der Waals surface area contributed by atoms with Crippen molar-refractivity contribution in [2.75, 3.05) is 7.11 Å². The molecule has 0 spiro atoms. The molecule has 1 heterocycles. The Labute approximate surface area is 204 Å². The van der Waals surface area contributed by atoms with E-state index in [1.165, 1.54) is 4.90 Å². The van der Waals surface area contributed by atoms with Crippen molar-refractivity contribution in [1.29, 1.82) is 0 Å². The third-order valence-corrected chi connectivity index (χ3v) is 6.36. The summed E-state index contributed by atoms with van der Waals surface area (Å²) < 4.78 is 5.46. The number of carbonyl (C=O) groups is 2. The van der Waals surface area contributed by atoms with Crippen LogP contribution in [0.5, 0.6) is 5.75 Å². The fourth-order valence-electron chi connectivity index (χ4n) is 4.23. The summed E-state index contributed by atoms with van der Waals surface area (Å²) in [5.74, 6) is -0.658. The van der Waals surface area contributed by atoms with E-state index in [-0.39, 0.29) is 17.9 Å². The van der Waals surface area contributed by atoms with Gasteiger partial charge in [0.2, 0.25) is 0 Å². The van der Waals surface area contributed by atoms with Crippen molar-refractivity contribution >= 4 is 29.1 Å². The minimum Gasteiger partial charge on any atom is -0.507 e. The van der Waals surface area contributed by atoms with E-state index in [2.05, 4.69) is 13.8 Å². The van der Waals surface area contributed by atoms with E-state index in [1.54, 1.807) is 31.4 Å². The van der Waals surface area contributed by atoms with Gasteiger partial charge in [-0.05, 0) is 47.4 Å². The maximum atomic E-state index is 13.2. The van der Waals surface area contributed by atoms with Crippen LogP contribution in [0.1, 0.15) is 48.1 Å². The summed E-state index contributed by atoms with van der Waals surface area (Å²) in [7, 11) is 1.57. The number of hydrogen-bond acceptors (Lipinski definition) is 4. The van der Waals surface area contributed by atoms with Gasteiger partial charge < -0.3 is 14.7 Å². The van der Waals surface area contributed by atoms with Gasteiger partial charge >= 0.3 is 0 Å². The molecule has 0 bridgehead atoms. The fourth-order valence-corrected chi connectivity index (χ4v) is 4.36. The van der Waals surface area contributed by atoms with Crippen molar-refractivity contribution < 1.29 is 19.4 Å². The molecule has 0 saturated carbocycles. The zero-order valence-corrected chi connectivity index (χ0v) is 20.0. The lowest BCUT2D eigenvalue weighted by Gasteiger charge is -2.26. The SMILES string of the molecule is COc1ccccc1CN1C(=O)C(=O)/C(=C(/O)c2ccc(Cl)cc2)C1c1ccc(C(C)C)cc1. The third kappa shape index (κ3) is 4.44. The van der Waals surface area contributed by atoms with Gasteiger partial charge in [-0.2, -0.15) is 0 Å². The normalized spacial score (nSPS) is 17.4. The Balaban J connectivity index is 1.86. The first-order chi connectivity index (χ1) is 16.3. The molecule has 6 heteroatoms. The molecule has 3 aromatic carbocycles. The molecule has 1 atom stereocenters. The van der Waals surface area contributed by atoms with Gasteiger partial charge in [-0.1, -0.05) is 67.9 Å². The van der Waals surface area contributed by atoms with Gasteiger partial charge in [-0.25, -0.2) is 0 Å². The lowest BCUT2D eigenvalue weighted by Crippen LogP contribution is -2.29. The molecule has 5 nitrogen and oxygen atoms in total. The molecule has 174 valence electrons. The molecule has 0 radical (unpaired) electrons. The minimum atomic E-state index is -0.748. The van der Waals surface area contributed by atoms with Gasteiger partial charge in [0.15, 0.2) is 0 Å². The highest BCUT2D eigenvalue weighted by Crippen LogP contribution is 2.41. The Morgan fingerprint density at radius 2 is 1.65 bits per heavy atom. The van der Waals surface area contributed by atoms with Crippen LogP contribution in [-0.4, -0.2) is 28.8 Å². The van der Waals surface area contributed by atoms with Crippen LogP contribution >= 0.6 is 11.6 Å². The second-order valence-corrected chi connectivity index (χ2v) is 9.00. The summed E-state index contributed by atoms with van der Waals surface area (Å²) in [6.45, 7) is 4.36. The van der Waals surface area contributed by atoms with E-state index in [4.69, 9.17) is 16.3 Å². The number of rotatable bonds is 6. The van der Waals surface area contributed by atoms with Crippen LogP contribution in [0.15, 0.2) is 78.4 Å². The van der Waals surface area contributed by atoms with Gasteiger partial charge in [-0.3, -0.25) is 9.59 Å². The topological polar surface area (TPSA) is 66.8 Å². The fraction of sp³-hybridized carbons (Fsp3) is 0.214. The summed E-state index contributed by atoms with van der Waals surface area (Å²) in [5, 5.41) is 11.7. The van der Waals surface area contributed by atoms with E-state index in [0.29, 0.717) is 22.3 Å². The van der Waals surface area contributed by atoms with Crippen molar-refractivity contribution in [2.45, 2.75) is 32.4 Å². The molecular weight excluding hydrogens is 450 g/mol. The van der Waals surface area contributed by atoms with Gasteiger partial charge in [0.1, 0.15) is 11.5 Å². The quantitative estimate of drug-likeness (QED) is 0.266. The molecule has 1 fully saturated rings. The van der Waals surface area contributed by atoms with Crippen LogP contribution in [0.25, 0.3) is 5.76 Å². The number of benzene rings is 3. The minimum absolute atomic E-state index is 0.0551. The van der Waals surface area contributed by atoms with Crippen LogP contribution in [0.3, 0.4) is 0 Å². The molecule has 4 rings (SSSR count). The summed E-state index contributed by atoms with van der Waals surface area (Å²) >= 11 is 6.00. The molecule has 1 aliphatic heterocycles. The van der Waals surface area contributed by atoms with Crippen molar-refractivity contribution in [1.82, 2.24) is 4.90 Å². The smallest absolute Gasteiger partial charge is 0.295 e. The third-order valence-electron chi connectivity index (χ3n) is 6.11. The molecular formula is C28H26ClNO4. The Morgan fingerprint density at radius 1 is 1.00 bits per heavy atom. The number of likely N-dealkylation sites (tertiary alicyclic amines) is 1. The number of amides is 1. The van der Waals surface area contributed by atoms with Crippen LogP contribution in [0.2, 0.25) is 5.02 Å². The van der Waals surface area contributed by atoms with E-state index >= 15 is 0 Å². The van der Waals surface area contributed by atoms with E-state index in [0.717, 1.165) is 16.7 Å². The van der Waals surface area contributed by atoms with E-state index in [1.807, 2.05) is 48.5 Å². The predicted molar refractivity (Wildman–Crippen MR) is 133 cm³/mol. The largest absolute Gasteiger partial charge is 0.507 e. The number of para-hydroxylation sites is 1. The predicted octanol–water partition coefficient (Wildman–Crippen LogP) is 6.09. The average molecular weight is 476 g/mol. The molecule has 1 aliphatic rings. The molecule has 1 N–H and O–H groups in total. The lowest BCUT2D eigenvalue weighted by atomic mass is 9.93. The summed E-state index contributed by atoms with van der Waals surface area (Å²) in [6.07, 6.45) is 0. The first-order valence-corrected chi connectivity index (χ1v) is 11.5. The number of ketones is 1. The first-order valence-electron chi connectivity index (χ1n) is 11.1. The highest BCUT2D eigenvalue weighted by molar-refractivity contribution is 6.46. The number of carbonyl (C=O) groups excluding carboxylic acids is 2. The van der Waals surface area contributed by atoms with Crippen LogP contribution in [0.4, 0.5) is 0 Å². The molecule has 3 aromatic rings. The molecule has 1 unspecified atom stereocenters. The molecule has 0 aromatic heterocycles. The van der Waals surface area contributed by atoms with Crippen molar-refractivity contribution in [2.24, 2.45) is 0 Å². The van der Waals surface area contributed by atoms with Gasteiger partial charge in [-0.15, -0.1) is 0 Å². The number of halogens is 1. The number of methoxy groups -OCH3 is 1. The Kier molecular flexibility index (Phi) is 6.75. The Hall–Kier alpha value is -3.57. The molecule has 1 amide bonds. The first kappa shape index (κ1) is 23.6. The Morgan fingerprint density at radius 3 is 2.26 bits per heavy atom. The van der Waals surface area contributed by atoms with Crippen LogP contribution in [0, 0.1) is 0 Å². The van der Waals surface area contributed by atoms with Crippen LogP contribution < -0.4 is 4.74 Å². The molecule has 1 saturated heterocycles. The maximum absolute atomic E-state index is 13.2. The van der Waals surface area contributed by atoms with Crippen molar-refractivity contribution in [3.8, 4) is 5.75 Å². The van der Waals surface area contributed by atoms with Crippen LogP contribution in [-0.2, 0) is 16.1 Å². The maximum Gasteiger partial charge on any atom is 0.295 e. The number of ether oxygens (including phenoxy) is 1. The Bertz CT molecular complexity index is 1250. The van der Waals surface area contributed by atoms with Gasteiger partial charge in [0.05, 0.1) is 25.3 Å². The van der Waals surface area contributed by atoms with E-state index in [9.17, 15) is 14.7 Å². The number of Topliss-reactive ketones (excluding diaryl/α,β-unsaturated/α-hetero) is 1. The zero-order valence-electron chi connectivity index (χ0n) is 19.3. The standard InChI is InChI=1S/C28H26ClNO4/c1-17(2)18-8-10-19(11-9-18)25-24(26(31)20-12-14-22(29)15-13-20)27(32)28(33)30(25)16-21-6-4-5-7-23(21)34-3/h4-15,17,25,31H,16H2,1-3H3/b26-24+.